The summed E-state index contributed by atoms with van der Waals surface area (Å²) < 4.78 is 0. The third kappa shape index (κ3) is 1.55. The van der Waals surface area contributed by atoms with Gasteiger partial charge in [-0.25, -0.2) is 16.4 Å². The minimum Gasteiger partial charge on any atom is -0.380 e. The lowest BCUT2D eigenvalue weighted by Crippen LogP contribution is -2.40. The van der Waals surface area contributed by atoms with Gasteiger partial charge in [-0.1, -0.05) is 0 Å². The van der Waals surface area contributed by atoms with Gasteiger partial charge in [0.05, 0.1) is 5.69 Å². The maximum Gasteiger partial charge on any atom is 0.170 e. The number of likely N-dealkylation sites (N-methyl/N-ethyl adjacent to an activating group) is 1. The van der Waals surface area contributed by atoms with Crippen molar-refractivity contribution in [3.63, 3.8) is 0 Å². The highest BCUT2D eigenvalue weighted by Crippen LogP contribution is 2.37. The average Bonchev–Trinajstić information content (AvgIpc) is 2.82. The van der Waals surface area contributed by atoms with E-state index in [1.54, 1.807) is 0 Å². The van der Waals surface area contributed by atoms with Crippen LogP contribution in [0, 0.1) is 0 Å². The number of hydrogen-bond donors (Lipinski definition) is 3. The van der Waals surface area contributed by atoms with E-state index in [1.807, 2.05) is 6.07 Å². The summed E-state index contributed by atoms with van der Waals surface area (Å²) >= 11 is 0. The number of nitrogens with zero attached hydrogens (tertiary/aromatic N) is 4. The van der Waals surface area contributed by atoms with Gasteiger partial charge < -0.3 is 15.5 Å². The van der Waals surface area contributed by atoms with E-state index in [4.69, 9.17) is 11.6 Å². The van der Waals surface area contributed by atoms with Gasteiger partial charge in [0.15, 0.2) is 11.7 Å². The highest BCUT2D eigenvalue weighted by atomic mass is 15.5. The Kier molecular flexibility index (Phi) is 2.48. The first-order valence-corrected chi connectivity index (χ1v) is 5.98. The van der Waals surface area contributed by atoms with Crippen LogP contribution in [0.25, 0.3) is 0 Å². The monoisotopic (exact) mass is 247 g/mol. The summed E-state index contributed by atoms with van der Waals surface area (Å²) in [5.74, 6) is 6.38. The number of hydrazone groups is 1. The number of hydrogen-bond acceptors (Lipinski definition) is 6. The Labute approximate surface area is 105 Å². The van der Waals surface area contributed by atoms with E-state index in [0.717, 1.165) is 18.9 Å². The number of hydrazine groups is 1. The van der Waals surface area contributed by atoms with Crippen LogP contribution < -0.4 is 26.9 Å². The van der Waals surface area contributed by atoms with Gasteiger partial charge >= 0.3 is 0 Å². The molecule has 1 aromatic heterocycles. The van der Waals surface area contributed by atoms with Crippen molar-refractivity contribution >= 4 is 17.3 Å². The molecule has 2 aliphatic rings. The Morgan fingerprint density at radius 2 is 2.39 bits per heavy atom. The molecule has 0 aromatic carbocycles. The van der Waals surface area contributed by atoms with Crippen LogP contribution in [0.3, 0.4) is 0 Å². The molecule has 0 amide bonds. The summed E-state index contributed by atoms with van der Waals surface area (Å²) in [6.45, 7) is 2.18. The first-order chi connectivity index (χ1) is 8.70. The number of nitrogens with two attached hydrogens (primary N) is 2. The molecule has 5 N–H and O–H groups in total. The standard InChI is InChI=1S/C11H17N7/c1-17-7-4-5-18(6-7)9-3-2-8(14-11(9)17)10(12)15-16-13/h2-3,7,16H,4-6,13H2,1H3,(H2,12,15)/t7-/m0/s1. The van der Waals surface area contributed by atoms with Crippen molar-refractivity contribution in [3.05, 3.63) is 17.8 Å². The predicted octanol–water partition coefficient (Wildman–Crippen LogP) is -0.806. The number of rotatable bonds is 2. The van der Waals surface area contributed by atoms with Crippen molar-refractivity contribution in [3.8, 4) is 0 Å². The zero-order valence-corrected chi connectivity index (χ0v) is 10.3. The largest absolute Gasteiger partial charge is 0.380 e. The highest BCUT2D eigenvalue weighted by molar-refractivity contribution is 5.96. The minimum atomic E-state index is 0.293. The molecule has 3 rings (SSSR count). The SMILES string of the molecule is CN1c2nc(/C(N)=N/NN)ccc2N2CC[C@H]1C2. The van der Waals surface area contributed by atoms with Crippen molar-refractivity contribution < 1.29 is 0 Å². The molecular formula is C11H17N7. The number of fused-ring (bicyclic) bond motifs is 4. The Bertz CT molecular complexity index is 498. The number of anilines is 2. The minimum absolute atomic E-state index is 0.293. The van der Waals surface area contributed by atoms with E-state index in [2.05, 4.69) is 38.5 Å². The van der Waals surface area contributed by atoms with Gasteiger partial charge in [0.1, 0.15) is 5.69 Å². The van der Waals surface area contributed by atoms with Gasteiger partial charge in [-0.05, 0) is 18.6 Å². The van der Waals surface area contributed by atoms with Crippen molar-refractivity contribution in [1.29, 1.82) is 0 Å². The molecule has 1 fully saturated rings. The molecule has 7 nitrogen and oxygen atoms in total. The molecule has 0 unspecified atom stereocenters. The number of nitrogens with one attached hydrogen (secondary N) is 1. The van der Waals surface area contributed by atoms with Gasteiger partial charge in [0.25, 0.3) is 0 Å². The van der Waals surface area contributed by atoms with Crippen molar-refractivity contribution in [2.75, 3.05) is 29.9 Å². The van der Waals surface area contributed by atoms with Crippen LogP contribution >= 0.6 is 0 Å². The van der Waals surface area contributed by atoms with Gasteiger partial charge in [-0.3, -0.25) is 0 Å². The molecule has 0 aliphatic carbocycles. The lowest BCUT2D eigenvalue weighted by atomic mass is 10.2. The van der Waals surface area contributed by atoms with Crippen LogP contribution in [0.2, 0.25) is 0 Å². The van der Waals surface area contributed by atoms with E-state index >= 15 is 0 Å². The van der Waals surface area contributed by atoms with Gasteiger partial charge in [-0.2, -0.15) is 0 Å². The normalized spacial score (nSPS) is 22.1. The highest BCUT2D eigenvalue weighted by Gasteiger charge is 2.34. The summed E-state index contributed by atoms with van der Waals surface area (Å²) in [7, 11) is 2.08. The maximum absolute atomic E-state index is 5.78. The summed E-state index contributed by atoms with van der Waals surface area (Å²) in [5, 5.41) is 3.75. The lowest BCUT2D eigenvalue weighted by molar-refractivity contribution is 0.672. The molecule has 0 spiro atoms. The second-order valence-electron chi connectivity index (χ2n) is 4.66. The Balaban J connectivity index is 2.03. The molecule has 1 atom stereocenters. The van der Waals surface area contributed by atoms with E-state index in [-0.39, 0.29) is 0 Å². The quantitative estimate of drug-likeness (QED) is 0.274. The second-order valence-corrected chi connectivity index (χ2v) is 4.66. The maximum atomic E-state index is 5.78. The van der Waals surface area contributed by atoms with E-state index in [9.17, 15) is 0 Å². The molecule has 96 valence electrons. The van der Waals surface area contributed by atoms with Crippen molar-refractivity contribution in [2.45, 2.75) is 12.5 Å². The molecule has 0 saturated carbocycles. The van der Waals surface area contributed by atoms with Crippen LogP contribution in [0.4, 0.5) is 11.5 Å². The lowest BCUT2D eigenvalue weighted by Gasteiger charge is -2.34. The van der Waals surface area contributed by atoms with Crippen molar-refractivity contribution in [1.82, 2.24) is 10.5 Å². The number of aromatic nitrogens is 1. The van der Waals surface area contributed by atoms with Gasteiger partial charge in [-0.15, -0.1) is 5.10 Å². The fourth-order valence-corrected chi connectivity index (χ4v) is 2.67. The summed E-state index contributed by atoms with van der Waals surface area (Å²) in [5.41, 5.74) is 9.78. The smallest absolute Gasteiger partial charge is 0.170 e. The van der Waals surface area contributed by atoms with Crippen LogP contribution in [0.1, 0.15) is 12.1 Å². The predicted molar refractivity (Wildman–Crippen MR) is 71.3 cm³/mol. The zero-order chi connectivity index (χ0) is 12.7. The third-order valence-corrected chi connectivity index (χ3v) is 3.69. The van der Waals surface area contributed by atoms with E-state index in [0.29, 0.717) is 17.6 Å². The first-order valence-electron chi connectivity index (χ1n) is 5.98. The summed E-state index contributed by atoms with van der Waals surface area (Å²) in [6, 6.07) is 4.47. The van der Waals surface area contributed by atoms with Crippen LogP contribution in [-0.2, 0) is 0 Å². The van der Waals surface area contributed by atoms with E-state index in [1.165, 1.54) is 12.1 Å². The van der Waals surface area contributed by atoms with Crippen molar-refractivity contribution in [2.24, 2.45) is 16.7 Å². The Morgan fingerprint density at radius 1 is 1.56 bits per heavy atom. The third-order valence-electron chi connectivity index (χ3n) is 3.69. The molecule has 2 aliphatic heterocycles. The fourth-order valence-electron chi connectivity index (χ4n) is 2.67. The van der Waals surface area contributed by atoms with Crippen LogP contribution in [-0.4, -0.2) is 37.0 Å². The molecule has 0 radical (unpaired) electrons. The fraction of sp³-hybridized carbons (Fsp3) is 0.455. The molecule has 1 aromatic rings. The summed E-state index contributed by atoms with van der Waals surface area (Å²) in [6.07, 6.45) is 1.18. The molecule has 7 heteroatoms. The number of amidine groups is 1. The van der Waals surface area contributed by atoms with Crippen LogP contribution in [0.15, 0.2) is 17.2 Å². The molecule has 2 bridgehead atoms. The van der Waals surface area contributed by atoms with Crippen LogP contribution in [0.5, 0.6) is 0 Å². The molecule has 1 saturated heterocycles. The second kappa shape index (κ2) is 4.02. The number of pyridine rings is 1. The van der Waals surface area contributed by atoms with E-state index < -0.39 is 0 Å². The van der Waals surface area contributed by atoms with Gasteiger partial charge in [0, 0.05) is 26.2 Å². The molecule has 3 heterocycles. The Hall–Kier alpha value is -2.02. The molecular weight excluding hydrogens is 230 g/mol. The topological polar surface area (TPSA) is 95.8 Å². The average molecular weight is 247 g/mol. The molecule has 18 heavy (non-hydrogen) atoms. The summed E-state index contributed by atoms with van der Waals surface area (Å²) in [4.78, 5) is 9.18. The Morgan fingerprint density at radius 3 is 3.17 bits per heavy atom. The zero-order valence-electron chi connectivity index (χ0n) is 10.3. The van der Waals surface area contributed by atoms with Gasteiger partial charge in [0.2, 0.25) is 0 Å². The first kappa shape index (κ1) is 11.1.